The van der Waals surface area contributed by atoms with E-state index in [0.717, 1.165) is 17.7 Å². The molecule has 7 heteroatoms. The van der Waals surface area contributed by atoms with Crippen molar-refractivity contribution < 1.29 is 18.7 Å². The number of nitrogens with one attached hydrogen (secondary N) is 1. The fraction of sp³-hybridized carbons (Fsp3) is 0.400. The molecule has 1 aromatic carbocycles. The summed E-state index contributed by atoms with van der Waals surface area (Å²) in [5, 5.41) is 3.13. The molecule has 7 nitrogen and oxygen atoms in total. The number of rotatable bonds is 4. The van der Waals surface area contributed by atoms with E-state index >= 15 is 0 Å². The molecule has 0 saturated carbocycles. The second-order valence-corrected chi connectivity index (χ2v) is 6.88. The van der Waals surface area contributed by atoms with E-state index in [1.54, 1.807) is 11.0 Å². The summed E-state index contributed by atoms with van der Waals surface area (Å²) in [6.07, 6.45) is 3.74. The summed E-state index contributed by atoms with van der Waals surface area (Å²) in [6.45, 7) is 3.53. The first-order valence-corrected chi connectivity index (χ1v) is 9.25. The third-order valence-corrected chi connectivity index (χ3v) is 5.09. The first kappa shape index (κ1) is 17.6. The first-order valence-electron chi connectivity index (χ1n) is 9.25. The van der Waals surface area contributed by atoms with Gasteiger partial charge in [0.15, 0.2) is 0 Å². The molecule has 2 aliphatic rings. The number of hydrogen-bond acceptors (Lipinski definition) is 5. The van der Waals surface area contributed by atoms with Crippen molar-refractivity contribution in [2.75, 3.05) is 39.3 Å². The molecule has 1 N–H and O–H groups in total. The zero-order chi connectivity index (χ0) is 18.6. The highest BCUT2D eigenvalue weighted by atomic mass is 16.5. The summed E-state index contributed by atoms with van der Waals surface area (Å²) < 4.78 is 10.6. The second kappa shape index (κ2) is 7.84. The average Bonchev–Trinajstić information content (AvgIpc) is 3.23. The lowest BCUT2D eigenvalue weighted by atomic mass is 10.0. The lowest BCUT2D eigenvalue weighted by Gasteiger charge is -2.34. The molecule has 2 amide bonds. The summed E-state index contributed by atoms with van der Waals surface area (Å²) in [7, 11) is 0. The van der Waals surface area contributed by atoms with Crippen LogP contribution in [-0.2, 0) is 4.79 Å². The van der Waals surface area contributed by atoms with Gasteiger partial charge in [-0.1, -0.05) is 18.2 Å². The third-order valence-electron chi connectivity index (χ3n) is 5.09. The Hall–Kier alpha value is -2.80. The number of ether oxygens (including phenoxy) is 1. The summed E-state index contributed by atoms with van der Waals surface area (Å²) in [5.74, 6) is 0.832. The number of nitrogens with zero attached hydrogens (tertiary/aromatic N) is 2. The Morgan fingerprint density at radius 2 is 1.93 bits per heavy atom. The zero-order valence-electron chi connectivity index (χ0n) is 15.1. The van der Waals surface area contributed by atoms with Gasteiger partial charge in [0, 0.05) is 38.2 Å². The van der Waals surface area contributed by atoms with Gasteiger partial charge in [-0.15, -0.1) is 0 Å². The summed E-state index contributed by atoms with van der Waals surface area (Å²) in [4.78, 5) is 28.7. The standard InChI is InChI=1S/C20H23N3O4/c24-19(21-17-6-12-27-18-4-2-1-3-16(17)18)13-22-7-9-23(10-8-22)20(25)15-5-11-26-14-15/h1-5,11,14,17H,6-10,12-13H2,(H,21,24). The molecule has 2 aromatic rings. The highest BCUT2D eigenvalue weighted by Crippen LogP contribution is 2.31. The van der Waals surface area contributed by atoms with Crippen LogP contribution in [0.1, 0.15) is 28.4 Å². The number of fused-ring (bicyclic) bond motifs is 1. The molecule has 1 fully saturated rings. The third kappa shape index (κ3) is 3.98. The SMILES string of the molecule is O=C(CN1CCN(C(=O)c2ccoc2)CC1)NC1CCOc2ccccc21. The Bertz CT molecular complexity index is 797. The summed E-state index contributed by atoms with van der Waals surface area (Å²) in [6, 6.07) is 9.50. The van der Waals surface area contributed by atoms with E-state index in [0.29, 0.717) is 44.9 Å². The van der Waals surface area contributed by atoms with Crippen LogP contribution in [-0.4, -0.2) is 60.9 Å². The second-order valence-electron chi connectivity index (χ2n) is 6.88. The Labute approximate surface area is 157 Å². The minimum absolute atomic E-state index is 0.00585. The van der Waals surface area contributed by atoms with Crippen molar-refractivity contribution >= 4 is 11.8 Å². The first-order chi connectivity index (χ1) is 13.2. The molecule has 27 heavy (non-hydrogen) atoms. The maximum absolute atomic E-state index is 12.5. The number of piperazine rings is 1. The van der Waals surface area contributed by atoms with E-state index in [4.69, 9.17) is 9.15 Å². The van der Waals surface area contributed by atoms with Crippen LogP contribution in [0.2, 0.25) is 0 Å². The smallest absolute Gasteiger partial charge is 0.257 e. The minimum Gasteiger partial charge on any atom is -0.493 e. The molecule has 0 spiro atoms. The maximum atomic E-state index is 12.5. The van der Waals surface area contributed by atoms with Crippen LogP contribution >= 0.6 is 0 Å². The normalized spacial score (nSPS) is 19.9. The van der Waals surface area contributed by atoms with Gasteiger partial charge in [0.25, 0.3) is 5.91 Å². The molecule has 3 heterocycles. The lowest BCUT2D eigenvalue weighted by Crippen LogP contribution is -2.51. The van der Waals surface area contributed by atoms with Crippen molar-refractivity contribution in [2.24, 2.45) is 0 Å². The molecule has 142 valence electrons. The van der Waals surface area contributed by atoms with Crippen LogP contribution < -0.4 is 10.1 Å². The number of carbonyl (C=O) groups excluding carboxylic acids is 2. The predicted molar refractivity (Wildman–Crippen MR) is 98.5 cm³/mol. The van der Waals surface area contributed by atoms with E-state index in [1.807, 2.05) is 24.3 Å². The van der Waals surface area contributed by atoms with E-state index in [9.17, 15) is 9.59 Å². The Morgan fingerprint density at radius 1 is 1.11 bits per heavy atom. The number of para-hydroxylation sites is 1. The van der Waals surface area contributed by atoms with Crippen molar-refractivity contribution in [3.63, 3.8) is 0 Å². The molecule has 0 aliphatic carbocycles. The fourth-order valence-electron chi connectivity index (χ4n) is 3.61. The Morgan fingerprint density at radius 3 is 2.70 bits per heavy atom. The largest absolute Gasteiger partial charge is 0.493 e. The quantitative estimate of drug-likeness (QED) is 0.888. The molecular formula is C20H23N3O4. The molecule has 0 radical (unpaired) electrons. The highest BCUT2D eigenvalue weighted by molar-refractivity contribution is 5.93. The van der Waals surface area contributed by atoms with Gasteiger partial charge in [-0.25, -0.2) is 0 Å². The Balaban J connectivity index is 1.27. The van der Waals surface area contributed by atoms with Crippen molar-refractivity contribution in [3.8, 4) is 5.75 Å². The zero-order valence-corrected chi connectivity index (χ0v) is 15.1. The Kier molecular flexibility index (Phi) is 5.11. The van der Waals surface area contributed by atoms with Gasteiger partial charge in [0.2, 0.25) is 5.91 Å². The van der Waals surface area contributed by atoms with Gasteiger partial charge >= 0.3 is 0 Å². The highest BCUT2D eigenvalue weighted by Gasteiger charge is 2.26. The molecular weight excluding hydrogens is 346 g/mol. The topological polar surface area (TPSA) is 75.0 Å². The van der Waals surface area contributed by atoms with Crippen LogP contribution in [0, 0.1) is 0 Å². The van der Waals surface area contributed by atoms with E-state index in [-0.39, 0.29) is 17.9 Å². The number of furan rings is 1. The monoisotopic (exact) mass is 369 g/mol. The van der Waals surface area contributed by atoms with Crippen LogP contribution in [0.3, 0.4) is 0 Å². The van der Waals surface area contributed by atoms with Gasteiger partial charge in [-0.05, 0) is 12.1 Å². The fourth-order valence-corrected chi connectivity index (χ4v) is 3.61. The van der Waals surface area contributed by atoms with E-state index in [2.05, 4.69) is 10.2 Å². The van der Waals surface area contributed by atoms with Gasteiger partial charge in [-0.2, -0.15) is 0 Å². The van der Waals surface area contributed by atoms with Gasteiger partial charge < -0.3 is 19.4 Å². The van der Waals surface area contributed by atoms with Crippen LogP contribution in [0.15, 0.2) is 47.3 Å². The van der Waals surface area contributed by atoms with Gasteiger partial charge in [-0.3, -0.25) is 14.5 Å². The van der Waals surface area contributed by atoms with Gasteiger partial charge in [0.05, 0.1) is 31.0 Å². The average molecular weight is 369 g/mol. The number of benzene rings is 1. The summed E-state index contributed by atoms with van der Waals surface area (Å²) >= 11 is 0. The molecule has 4 rings (SSSR count). The van der Waals surface area contributed by atoms with Crippen LogP contribution in [0.5, 0.6) is 5.75 Å². The number of hydrogen-bond donors (Lipinski definition) is 1. The molecule has 1 atom stereocenters. The van der Waals surface area contributed by atoms with Crippen LogP contribution in [0.25, 0.3) is 0 Å². The number of amides is 2. The van der Waals surface area contributed by atoms with E-state index < -0.39 is 0 Å². The maximum Gasteiger partial charge on any atom is 0.257 e. The van der Waals surface area contributed by atoms with Crippen molar-refractivity contribution in [1.82, 2.24) is 15.1 Å². The van der Waals surface area contributed by atoms with Crippen molar-refractivity contribution in [1.29, 1.82) is 0 Å². The minimum atomic E-state index is -0.0216. The molecule has 1 aromatic heterocycles. The molecule has 1 unspecified atom stereocenters. The van der Waals surface area contributed by atoms with Gasteiger partial charge in [0.1, 0.15) is 12.0 Å². The van der Waals surface area contributed by atoms with Crippen LogP contribution in [0.4, 0.5) is 0 Å². The number of carbonyl (C=O) groups is 2. The van der Waals surface area contributed by atoms with E-state index in [1.165, 1.54) is 12.5 Å². The summed E-state index contributed by atoms with van der Waals surface area (Å²) in [5.41, 5.74) is 1.60. The predicted octanol–water partition coefficient (Wildman–Crippen LogP) is 1.68. The lowest BCUT2D eigenvalue weighted by molar-refractivity contribution is -0.123. The van der Waals surface area contributed by atoms with Crippen molar-refractivity contribution in [2.45, 2.75) is 12.5 Å². The molecule has 0 bridgehead atoms. The van der Waals surface area contributed by atoms with Crippen molar-refractivity contribution in [3.05, 3.63) is 54.0 Å². The molecule has 1 saturated heterocycles. The molecule has 2 aliphatic heterocycles.